The molecule has 3 heteroatoms. The minimum atomic E-state index is -0.285. The predicted molar refractivity (Wildman–Crippen MR) is 58.3 cm³/mol. The first-order valence-corrected chi connectivity index (χ1v) is 5.10. The molecule has 1 aromatic carbocycles. The van der Waals surface area contributed by atoms with Crippen LogP contribution < -0.4 is 5.73 Å². The van der Waals surface area contributed by atoms with Gasteiger partial charge in [-0.15, -0.1) is 0 Å². The van der Waals surface area contributed by atoms with Gasteiger partial charge >= 0.3 is 0 Å². The molecule has 0 aliphatic heterocycles. The van der Waals surface area contributed by atoms with E-state index in [4.69, 9.17) is 5.73 Å². The van der Waals surface area contributed by atoms with Crippen LogP contribution in [0, 0.1) is 18.7 Å². The fourth-order valence-corrected chi connectivity index (χ4v) is 1.49. The van der Waals surface area contributed by atoms with Gasteiger partial charge in [-0.25, -0.2) is 4.39 Å². The number of rotatable bonds is 4. The minimum absolute atomic E-state index is 0.00287. The van der Waals surface area contributed by atoms with Crippen LogP contribution in [-0.2, 0) is 0 Å². The van der Waals surface area contributed by atoms with Crippen LogP contribution in [0.25, 0.3) is 0 Å². The van der Waals surface area contributed by atoms with Crippen molar-refractivity contribution in [1.29, 1.82) is 0 Å². The standard InChI is InChI=1S/C12H16FNO/c1-3-9(7-14)12(15)10-4-5-11(13)8(2)6-10/h4-6,9H,3,7,14H2,1-2H3. The first-order valence-electron chi connectivity index (χ1n) is 5.10. The van der Waals surface area contributed by atoms with Crippen LogP contribution in [0.2, 0.25) is 0 Å². The molecule has 0 bridgehead atoms. The van der Waals surface area contributed by atoms with Gasteiger partial charge in [-0.1, -0.05) is 6.92 Å². The van der Waals surface area contributed by atoms with Gasteiger partial charge in [-0.05, 0) is 37.1 Å². The Labute approximate surface area is 89.3 Å². The molecular weight excluding hydrogens is 193 g/mol. The van der Waals surface area contributed by atoms with E-state index in [-0.39, 0.29) is 17.5 Å². The molecule has 2 nitrogen and oxygen atoms in total. The highest BCUT2D eigenvalue weighted by Crippen LogP contribution is 2.15. The van der Waals surface area contributed by atoms with Crippen molar-refractivity contribution < 1.29 is 9.18 Å². The number of aryl methyl sites for hydroxylation is 1. The van der Waals surface area contributed by atoms with Gasteiger partial charge in [-0.3, -0.25) is 4.79 Å². The van der Waals surface area contributed by atoms with Crippen molar-refractivity contribution in [2.75, 3.05) is 6.54 Å². The number of carbonyl (C=O) groups is 1. The van der Waals surface area contributed by atoms with Crippen molar-refractivity contribution in [3.8, 4) is 0 Å². The summed E-state index contributed by atoms with van der Waals surface area (Å²) >= 11 is 0. The Morgan fingerprint density at radius 3 is 2.67 bits per heavy atom. The monoisotopic (exact) mass is 209 g/mol. The third-order valence-corrected chi connectivity index (χ3v) is 2.59. The summed E-state index contributed by atoms with van der Waals surface area (Å²) in [6.07, 6.45) is 0.714. The first-order chi connectivity index (χ1) is 7.10. The summed E-state index contributed by atoms with van der Waals surface area (Å²) in [6.45, 7) is 3.91. The quantitative estimate of drug-likeness (QED) is 0.773. The van der Waals surface area contributed by atoms with E-state index >= 15 is 0 Å². The SMILES string of the molecule is CCC(CN)C(=O)c1ccc(F)c(C)c1. The number of hydrogen-bond acceptors (Lipinski definition) is 2. The van der Waals surface area contributed by atoms with E-state index < -0.39 is 0 Å². The molecule has 1 rings (SSSR count). The fourth-order valence-electron chi connectivity index (χ4n) is 1.49. The van der Waals surface area contributed by atoms with Crippen molar-refractivity contribution in [3.63, 3.8) is 0 Å². The highest BCUT2D eigenvalue weighted by atomic mass is 19.1. The molecule has 0 fully saturated rings. The molecule has 1 atom stereocenters. The lowest BCUT2D eigenvalue weighted by Crippen LogP contribution is -2.23. The molecule has 0 aliphatic rings. The zero-order chi connectivity index (χ0) is 11.4. The van der Waals surface area contributed by atoms with Crippen molar-refractivity contribution in [1.82, 2.24) is 0 Å². The van der Waals surface area contributed by atoms with Crippen LogP contribution >= 0.6 is 0 Å². The van der Waals surface area contributed by atoms with Gasteiger partial charge in [0.25, 0.3) is 0 Å². The van der Waals surface area contributed by atoms with Gasteiger partial charge in [0, 0.05) is 18.0 Å². The number of Topliss-reactive ketones (excluding diaryl/α,β-unsaturated/α-hetero) is 1. The molecule has 2 N–H and O–H groups in total. The van der Waals surface area contributed by atoms with Crippen LogP contribution in [0.1, 0.15) is 29.3 Å². The molecule has 0 saturated heterocycles. The van der Waals surface area contributed by atoms with Crippen LogP contribution in [0.3, 0.4) is 0 Å². The molecule has 1 unspecified atom stereocenters. The zero-order valence-electron chi connectivity index (χ0n) is 9.09. The van der Waals surface area contributed by atoms with Gasteiger partial charge in [0.2, 0.25) is 0 Å². The lowest BCUT2D eigenvalue weighted by Gasteiger charge is -2.11. The summed E-state index contributed by atoms with van der Waals surface area (Å²) in [5.41, 5.74) is 6.54. The maximum absolute atomic E-state index is 13.0. The number of nitrogens with two attached hydrogens (primary N) is 1. The lowest BCUT2D eigenvalue weighted by atomic mass is 9.94. The first kappa shape index (κ1) is 11.9. The van der Waals surface area contributed by atoms with Crippen LogP contribution in [0.5, 0.6) is 0 Å². The van der Waals surface area contributed by atoms with Crippen LogP contribution in [0.15, 0.2) is 18.2 Å². The van der Waals surface area contributed by atoms with E-state index in [0.717, 1.165) is 0 Å². The number of carbonyl (C=O) groups excluding carboxylic acids is 1. The smallest absolute Gasteiger partial charge is 0.167 e. The number of benzene rings is 1. The number of hydrogen-bond donors (Lipinski definition) is 1. The molecule has 0 amide bonds. The molecule has 82 valence electrons. The minimum Gasteiger partial charge on any atom is -0.330 e. The third kappa shape index (κ3) is 2.63. The van der Waals surface area contributed by atoms with E-state index in [0.29, 0.717) is 24.1 Å². The Balaban J connectivity index is 2.96. The summed E-state index contributed by atoms with van der Waals surface area (Å²) in [4.78, 5) is 11.9. The van der Waals surface area contributed by atoms with Gasteiger partial charge in [0.05, 0.1) is 0 Å². The van der Waals surface area contributed by atoms with Crippen molar-refractivity contribution in [3.05, 3.63) is 35.1 Å². The average molecular weight is 209 g/mol. The highest BCUT2D eigenvalue weighted by Gasteiger charge is 2.17. The van der Waals surface area contributed by atoms with Gasteiger partial charge in [0.1, 0.15) is 5.82 Å². The molecule has 0 saturated carbocycles. The van der Waals surface area contributed by atoms with Crippen molar-refractivity contribution in [2.24, 2.45) is 11.7 Å². The molecular formula is C12H16FNO. The molecule has 15 heavy (non-hydrogen) atoms. The summed E-state index contributed by atoms with van der Waals surface area (Å²) in [7, 11) is 0. The molecule has 0 radical (unpaired) electrons. The number of ketones is 1. The van der Waals surface area contributed by atoms with Crippen molar-refractivity contribution >= 4 is 5.78 Å². The molecule has 1 aromatic rings. The van der Waals surface area contributed by atoms with Crippen LogP contribution in [0.4, 0.5) is 4.39 Å². The highest BCUT2D eigenvalue weighted by molar-refractivity contribution is 5.98. The topological polar surface area (TPSA) is 43.1 Å². The normalized spacial score (nSPS) is 12.5. The van der Waals surface area contributed by atoms with E-state index in [1.807, 2.05) is 6.92 Å². The summed E-state index contributed by atoms with van der Waals surface area (Å²) in [5, 5.41) is 0. The lowest BCUT2D eigenvalue weighted by molar-refractivity contribution is 0.0921. The van der Waals surface area contributed by atoms with Gasteiger partial charge in [0.15, 0.2) is 5.78 Å². The second kappa shape index (κ2) is 5.03. The maximum Gasteiger partial charge on any atom is 0.167 e. The second-order valence-electron chi connectivity index (χ2n) is 3.67. The molecule has 0 aliphatic carbocycles. The van der Waals surface area contributed by atoms with Crippen LogP contribution in [-0.4, -0.2) is 12.3 Å². The summed E-state index contributed by atoms with van der Waals surface area (Å²) < 4.78 is 13.0. The fraction of sp³-hybridized carbons (Fsp3) is 0.417. The molecule has 0 spiro atoms. The Kier molecular flexibility index (Phi) is 3.97. The Hall–Kier alpha value is -1.22. The Morgan fingerprint density at radius 1 is 1.53 bits per heavy atom. The van der Waals surface area contributed by atoms with E-state index in [9.17, 15) is 9.18 Å². The molecule has 0 aromatic heterocycles. The largest absolute Gasteiger partial charge is 0.330 e. The average Bonchev–Trinajstić information content (AvgIpc) is 2.23. The van der Waals surface area contributed by atoms with Crippen molar-refractivity contribution in [2.45, 2.75) is 20.3 Å². The summed E-state index contributed by atoms with van der Waals surface area (Å²) in [6, 6.07) is 4.42. The maximum atomic E-state index is 13.0. The van der Waals surface area contributed by atoms with E-state index in [1.165, 1.54) is 12.1 Å². The Morgan fingerprint density at radius 2 is 2.20 bits per heavy atom. The summed E-state index contributed by atoms with van der Waals surface area (Å²) in [5.74, 6) is -0.440. The Bertz CT molecular complexity index is 359. The third-order valence-electron chi connectivity index (χ3n) is 2.59. The van der Waals surface area contributed by atoms with E-state index in [1.54, 1.807) is 13.0 Å². The van der Waals surface area contributed by atoms with E-state index in [2.05, 4.69) is 0 Å². The van der Waals surface area contributed by atoms with Gasteiger partial charge < -0.3 is 5.73 Å². The molecule has 0 heterocycles. The number of halogens is 1. The zero-order valence-corrected chi connectivity index (χ0v) is 9.09. The van der Waals surface area contributed by atoms with Gasteiger partial charge in [-0.2, -0.15) is 0 Å². The second-order valence-corrected chi connectivity index (χ2v) is 3.67. The predicted octanol–water partition coefficient (Wildman–Crippen LogP) is 2.30.